The van der Waals surface area contributed by atoms with Crippen LogP contribution in [0.1, 0.15) is 12.5 Å². The molecule has 4 aromatic rings. The van der Waals surface area contributed by atoms with Gasteiger partial charge < -0.3 is 60.2 Å². The second-order valence-corrected chi connectivity index (χ2v) is 17.4. The smallest absolute Gasteiger partial charge is 0.479 e. The van der Waals surface area contributed by atoms with Gasteiger partial charge in [-0.05, 0) is 11.8 Å². The minimum atomic E-state index is -5.70. The lowest BCUT2D eigenvalue weighted by Gasteiger charge is -2.28. The van der Waals surface area contributed by atoms with Crippen molar-refractivity contribution < 1.29 is 75.6 Å². The minimum Gasteiger partial charge on any atom is -0.756 e. The van der Waals surface area contributed by atoms with Crippen molar-refractivity contribution in [2.24, 2.45) is 7.05 Å². The lowest BCUT2D eigenvalue weighted by Crippen LogP contribution is -2.47. The number of nitrogens with zero attached hydrogens (tertiary/aromatic N) is 6. The molecule has 292 valence electrons. The summed E-state index contributed by atoms with van der Waals surface area (Å²) in [5.74, 6) is -0.512. The molecule has 0 radical (unpaired) electrons. The summed E-state index contributed by atoms with van der Waals surface area (Å²) in [5, 5.41) is 31.9. The monoisotopic (exact) mass is 832 g/mol. The number of phosphoric ester groups is 2. The zero-order valence-corrected chi connectivity index (χ0v) is 30.4. The third-order valence-electron chi connectivity index (χ3n) is 7.92. The Morgan fingerprint density at radius 3 is 2.34 bits per heavy atom. The Balaban J connectivity index is 1.06. The molecule has 0 amide bonds. The standard InChI is InChI=1S/C22H31N10O17P3S/c1-30-6-32(16-10(30)18(37)29-22(24)27-16)20-14(43-2)12(34)8(47-20)4-45-51(40,41)49-52(42,53)48-50(38,39)44-3-7-11(33)13(35)19(46-7)31-5-25-9-15(31)26-21(23)28-17(9)36/h5-8,11-14,19-20,33-35H,3-4H2,1-2H3,(H8-,23,24,26,27,28,29,36,37,38,39,40,41,42,53). The zero-order valence-electron chi connectivity index (χ0n) is 26.9. The van der Waals surface area contributed by atoms with Gasteiger partial charge in [-0.15, -0.1) is 0 Å². The number of nitrogens with one attached hydrogen (secondary N) is 2. The average Bonchev–Trinajstić information content (AvgIpc) is 3.77. The maximum Gasteiger partial charge on any atom is 0.479 e. The van der Waals surface area contributed by atoms with Crippen LogP contribution in [0.15, 0.2) is 22.2 Å². The normalized spacial score (nSPS) is 29.7. The zero-order chi connectivity index (χ0) is 38.8. The molecule has 2 aliphatic rings. The van der Waals surface area contributed by atoms with Gasteiger partial charge in [0.05, 0.1) is 26.6 Å². The van der Waals surface area contributed by atoms with E-state index in [1.54, 1.807) is 0 Å². The number of hydrogen-bond donors (Lipinski definition) is 9. The molecule has 4 aromatic heterocycles. The Morgan fingerprint density at radius 2 is 1.64 bits per heavy atom. The average molecular weight is 833 g/mol. The van der Waals surface area contributed by atoms with E-state index in [9.17, 15) is 48.7 Å². The van der Waals surface area contributed by atoms with E-state index in [4.69, 9.17) is 34.7 Å². The number of aryl methyl sites for hydroxylation is 1. The van der Waals surface area contributed by atoms with Crippen LogP contribution in [-0.2, 0) is 59.9 Å². The van der Waals surface area contributed by atoms with Gasteiger partial charge in [0.1, 0.15) is 36.6 Å². The summed E-state index contributed by atoms with van der Waals surface area (Å²) in [7, 11) is -8.45. The molecule has 27 nitrogen and oxygen atoms in total. The number of aromatic nitrogens is 8. The summed E-state index contributed by atoms with van der Waals surface area (Å²) in [6.45, 7) is -7.18. The largest absolute Gasteiger partial charge is 0.756 e. The highest BCUT2D eigenvalue weighted by molar-refractivity contribution is 8.09. The first-order chi connectivity index (χ1) is 24.7. The summed E-state index contributed by atoms with van der Waals surface area (Å²) in [6, 6.07) is 0. The predicted molar refractivity (Wildman–Crippen MR) is 173 cm³/mol. The van der Waals surface area contributed by atoms with Gasteiger partial charge in [-0.3, -0.25) is 37.8 Å². The summed E-state index contributed by atoms with van der Waals surface area (Å²) in [5.41, 5.74) is 9.78. The van der Waals surface area contributed by atoms with E-state index in [-0.39, 0.29) is 34.2 Å². The molecular weight excluding hydrogens is 801 g/mol. The summed E-state index contributed by atoms with van der Waals surface area (Å²) in [6.07, 6.45) is -9.42. The van der Waals surface area contributed by atoms with Crippen LogP contribution < -0.4 is 32.0 Å². The fourth-order valence-electron chi connectivity index (χ4n) is 5.67. The number of anilines is 2. The molecule has 2 fully saturated rings. The van der Waals surface area contributed by atoms with Gasteiger partial charge in [0.25, 0.3) is 24.9 Å². The molecule has 2 saturated heterocycles. The lowest BCUT2D eigenvalue weighted by molar-refractivity contribution is -0.746. The van der Waals surface area contributed by atoms with E-state index in [0.717, 1.165) is 10.9 Å². The van der Waals surface area contributed by atoms with Crippen LogP contribution in [0, 0.1) is 0 Å². The highest BCUT2D eigenvalue weighted by atomic mass is 32.5. The molecule has 11 unspecified atom stereocenters. The van der Waals surface area contributed by atoms with Crippen LogP contribution in [0.4, 0.5) is 11.9 Å². The first-order valence-corrected chi connectivity index (χ1v) is 20.3. The number of nitrogens with two attached hydrogens (primary N) is 2. The second-order valence-electron chi connectivity index (χ2n) is 11.5. The highest BCUT2D eigenvalue weighted by Crippen LogP contribution is 2.67. The molecule has 6 heterocycles. The Kier molecular flexibility index (Phi) is 10.8. The van der Waals surface area contributed by atoms with Crippen LogP contribution in [0.3, 0.4) is 0 Å². The van der Waals surface area contributed by atoms with E-state index in [1.165, 1.54) is 29.6 Å². The Bertz CT molecular complexity index is 2300. The first-order valence-electron chi connectivity index (χ1n) is 14.8. The van der Waals surface area contributed by atoms with Gasteiger partial charge in [-0.1, -0.05) is 4.98 Å². The molecule has 0 bridgehead atoms. The number of aliphatic hydroxyl groups excluding tert-OH is 3. The molecule has 53 heavy (non-hydrogen) atoms. The van der Waals surface area contributed by atoms with Gasteiger partial charge in [0.15, 0.2) is 23.7 Å². The Labute approximate surface area is 299 Å². The van der Waals surface area contributed by atoms with Crippen molar-refractivity contribution in [3.8, 4) is 0 Å². The second kappa shape index (κ2) is 14.5. The van der Waals surface area contributed by atoms with Crippen molar-refractivity contribution in [2.45, 2.75) is 49.1 Å². The fourth-order valence-corrected chi connectivity index (χ4v) is 10.6. The lowest BCUT2D eigenvalue weighted by atomic mass is 10.1. The number of nitrogen functional groups attached to an aromatic ring is 2. The van der Waals surface area contributed by atoms with Crippen molar-refractivity contribution in [3.05, 3.63) is 33.4 Å². The third-order valence-corrected chi connectivity index (χ3v) is 13.3. The van der Waals surface area contributed by atoms with E-state index >= 15 is 0 Å². The molecule has 0 saturated carbocycles. The number of aromatic amines is 2. The number of phosphoric acid groups is 2. The topological polar surface area (TPSA) is 393 Å². The summed E-state index contributed by atoms with van der Waals surface area (Å²) in [4.78, 5) is 74.1. The quantitative estimate of drug-likeness (QED) is 0.0453. The van der Waals surface area contributed by atoms with Gasteiger partial charge in [-0.25, -0.2) is 22.7 Å². The van der Waals surface area contributed by atoms with Gasteiger partial charge in [-0.2, -0.15) is 4.98 Å². The van der Waals surface area contributed by atoms with Gasteiger partial charge >= 0.3 is 20.2 Å². The molecule has 31 heteroatoms. The van der Waals surface area contributed by atoms with Crippen LogP contribution in [0.2, 0.25) is 0 Å². The number of imidazole rings is 2. The molecule has 0 aliphatic carbocycles. The summed E-state index contributed by atoms with van der Waals surface area (Å²) >= 11 is 4.56. The maximum absolute atomic E-state index is 12.6. The Morgan fingerprint density at radius 1 is 1.00 bits per heavy atom. The van der Waals surface area contributed by atoms with Crippen molar-refractivity contribution in [1.29, 1.82) is 0 Å². The van der Waals surface area contributed by atoms with Crippen molar-refractivity contribution >= 4 is 68.4 Å². The van der Waals surface area contributed by atoms with E-state index in [2.05, 4.69) is 45.3 Å². The molecule has 0 spiro atoms. The van der Waals surface area contributed by atoms with E-state index < -0.39 is 95.8 Å². The van der Waals surface area contributed by atoms with Gasteiger partial charge in [0, 0.05) is 7.11 Å². The Hall–Kier alpha value is -3.11. The van der Waals surface area contributed by atoms with Crippen molar-refractivity contribution in [3.63, 3.8) is 0 Å². The fraction of sp³-hybridized carbons (Fsp3) is 0.545. The van der Waals surface area contributed by atoms with Crippen LogP contribution in [0.5, 0.6) is 0 Å². The molecule has 2 aliphatic heterocycles. The van der Waals surface area contributed by atoms with Crippen LogP contribution in [-0.4, -0.2) is 116 Å². The number of H-pyrrole nitrogens is 2. The number of hydrogen-bond acceptors (Lipinski definition) is 21. The number of aliphatic hydroxyl groups is 3. The molecule has 11 atom stereocenters. The number of methoxy groups -OCH3 is 1. The first kappa shape index (κ1) is 39.6. The van der Waals surface area contributed by atoms with E-state index in [0.29, 0.717) is 0 Å². The third kappa shape index (κ3) is 8.00. The van der Waals surface area contributed by atoms with E-state index in [1.807, 2.05) is 0 Å². The number of fused-ring (bicyclic) bond motifs is 2. The molecular formula is C22H31N10O17P3S. The number of rotatable bonds is 13. The van der Waals surface area contributed by atoms with Gasteiger partial charge in [0.2, 0.25) is 17.7 Å². The minimum absolute atomic E-state index is 0.0405. The molecule has 11 N–H and O–H groups in total. The molecule has 6 rings (SSSR count). The molecule has 0 aromatic carbocycles. The van der Waals surface area contributed by atoms with Crippen LogP contribution in [0.25, 0.3) is 22.3 Å². The van der Waals surface area contributed by atoms with Crippen molar-refractivity contribution in [2.75, 3.05) is 31.8 Å². The number of ether oxygens (including phenoxy) is 3. The maximum atomic E-state index is 12.6. The highest BCUT2D eigenvalue weighted by Gasteiger charge is 2.49. The predicted octanol–water partition coefficient (Wildman–Crippen LogP) is -4.41. The summed E-state index contributed by atoms with van der Waals surface area (Å²) < 4.78 is 63.8. The SMILES string of the molecule is COC1C(O)C(COP(=O)([O-])OP(O)(=S)OP(=O)(O)OCC2OC(n3cnc4c(=O)[nH]c(N)nc43)C(O)C2O)OC1[n+]1cn(C)c2c(=O)[nH]c(N)nc21. The van der Waals surface area contributed by atoms with Crippen molar-refractivity contribution in [1.82, 2.24) is 34.1 Å². The van der Waals surface area contributed by atoms with Crippen LogP contribution >= 0.6 is 22.4 Å².